The van der Waals surface area contributed by atoms with Gasteiger partial charge in [0.15, 0.2) is 0 Å². The fraction of sp³-hybridized carbons (Fsp3) is 0.643. The second-order valence-corrected chi connectivity index (χ2v) is 5.99. The monoisotopic (exact) mass is 261 g/mol. The Morgan fingerprint density at radius 2 is 1.74 bits per heavy atom. The Hall–Kier alpha value is -1.65. The molecule has 5 aliphatic rings. The molecule has 0 spiro atoms. The molecule has 4 aliphatic carbocycles. The van der Waals surface area contributed by atoms with E-state index >= 15 is 0 Å². The van der Waals surface area contributed by atoms with Crippen molar-refractivity contribution in [2.24, 2.45) is 35.5 Å². The van der Waals surface area contributed by atoms with Gasteiger partial charge < -0.3 is 4.74 Å². The number of ether oxygens (including phenoxy) is 1. The molecule has 0 radical (unpaired) electrons. The Labute approximate surface area is 110 Å². The van der Waals surface area contributed by atoms with E-state index in [2.05, 4.69) is 16.9 Å². The number of imide groups is 1. The Kier molecular flexibility index (Phi) is 2.04. The summed E-state index contributed by atoms with van der Waals surface area (Å²) in [5.41, 5.74) is 0. The zero-order chi connectivity index (χ0) is 13.3. The van der Waals surface area contributed by atoms with Crippen molar-refractivity contribution in [1.82, 2.24) is 4.90 Å². The summed E-state index contributed by atoms with van der Waals surface area (Å²) in [5, 5.41) is 0. The Balaban J connectivity index is 1.66. The minimum atomic E-state index is -0.536. The van der Waals surface area contributed by atoms with E-state index in [1.165, 1.54) is 7.11 Å². The predicted molar refractivity (Wildman–Crippen MR) is 63.4 cm³/mol. The van der Waals surface area contributed by atoms with Crippen molar-refractivity contribution in [3.05, 3.63) is 12.2 Å². The highest BCUT2D eigenvalue weighted by atomic mass is 16.5. The highest BCUT2D eigenvalue weighted by Crippen LogP contribution is 2.65. The van der Waals surface area contributed by atoms with Crippen LogP contribution in [0.2, 0.25) is 0 Å². The van der Waals surface area contributed by atoms with Crippen LogP contribution >= 0.6 is 0 Å². The smallest absolute Gasteiger partial charge is 0.325 e. The molecule has 0 aromatic carbocycles. The van der Waals surface area contributed by atoms with Crippen molar-refractivity contribution in [3.63, 3.8) is 0 Å². The first-order valence-electron chi connectivity index (χ1n) is 6.74. The van der Waals surface area contributed by atoms with Crippen LogP contribution in [0.1, 0.15) is 6.42 Å². The van der Waals surface area contributed by atoms with Gasteiger partial charge in [0.2, 0.25) is 11.8 Å². The number of amides is 2. The van der Waals surface area contributed by atoms with Crippen molar-refractivity contribution in [2.45, 2.75) is 6.42 Å². The third kappa shape index (κ3) is 1.28. The molecule has 1 aliphatic heterocycles. The molecule has 5 rings (SSSR count). The van der Waals surface area contributed by atoms with Gasteiger partial charge in [0.05, 0.1) is 18.9 Å². The summed E-state index contributed by atoms with van der Waals surface area (Å²) in [7, 11) is 1.26. The minimum absolute atomic E-state index is 0.176. The number of likely N-dealkylation sites (tertiary alicyclic amines) is 1. The third-order valence-electron chi connectivity index (χ3n) is 5.27. The van der Waals surface area contributed by atoms with Gasteiger partial charge in [0.1, 0.15) is 6.54 Å². The van der Waals surface area contributed by atoms with Crippen molar-refractivity contribution >= 4 is 17.8 Å². The number of methoxy groups -OCH3 is 1. The largest absolute Gasteiger partial charge is 0.468 e. The van der Waals surface area contributed by atoms with E-state index in [4.69, 9.17) is 0 Å². The van der Waals surface area contributed by atoms with E-state index in [9.17, 15) is 14.4 Å². The summed E-state index contributed by atoms with van der Waals surface area (Å²) in [5.74, 6) is 0.253. The number of carbonyl (C=O) groups is 3. The first-order chi connectivity index (χ1) is 9.13. The first kappa shape index (κ1) is 11.2. The second-order valence-electron chi connectivity index (χ2n) is 5.99. The van der Waals surface area contributed by atoms with Crippen LogP contribution in [0.25, 0.3) is 0 Å². The number of hydrogen-bond donors (Lipinski definition) is 0. The van der Waals surface area contributed by atoms with E-state index in [0.29, 0.717) is 11.8 Å². The van der Waals surface area contributed by atoms with E-state index in [1.807, 2.05) is 0 Å². The second kappa shape index (κ2) is 3.46. The van der Waals surface area contributed by atoms with Gasteiger partial charge in [0, 0.05) is 0 Å². The van der Waals surface area contributed by atoms with Crippen molar-refractivity contribution in [2.75, 3.05) is 13.7 Å². The summed E-state index contributed by atoms with van der Waals surface area (Å²) in [6, 6.07) is 0. The summed E-state index contributed by atoms with van der Waals surface area (Å²) in [6.07, 6.45) is 5.38. The molecule has 0 aromatic heterocycles. The van der Waals surface area contributed by atoms with Crippen LogP contribution in [0.5, 0.6) is 0 Å². The average Bonchev–Trinajstić information content (AvgIpc) is 3.20. The summed E-state index contributed by atoms with van der Waals surface area (Å²) >= 11 is 0. The first-order valence-corrected chi connectivity index (χ1v) is 6.74. The maximum atomic E-state index is 12.4. The molecule has 0 unspecified atom stereocenters. The van der Waals surface area contributed by atoms with Gasteiger partial charge in [-0.3, -0.25) is 19.3 Å². The van der Waals surface area contributed by atoms with E-state index in [1.54, 1.807) is 0 Å². The number of hydrogen-bond acceptors (Lipinski definition) is 4. The Morgan fingerprint density at radius 3 is 2.21 bits per heavy atom. The van der Waals surface area contributed by atoms with E-state index in [0.717, 1.165) is 11.3 Å². The molecule has 1 heterocycles. The topological polar surface area (TPSA) is 63.7 Å². The van der Waals surface area contributed by atoms with Crippen LogP contribution in [-0.4, -0.2) is 36.3 Å². The zero-order valence-electron chi connectivity index (χ0n) is 10.6. The molecule has 2 saturated carbocycles. The molecule has 2 amide bonds. The van der Waals surface area contributed by atoms with Gasteiger partial charge in [0.25, 0.3) is 0 Å². The van der Waals surface area contributed by atoms with Gasteiger partial charge in [-0.1, -0.05) is 12.2 Å². The van der Waals surface area contributed by atoms with Gasteiger partial charge in [-0.2, -0.15) is 0 Å². The van der Waals surface area contributed by atoms with Crippen molar-refractivity contribution < 1.29 is 19.1 Å². The number of allylic oxidation sites excluding steroid dienone is 2. The van der Waals surface area contributed by atoms with Crippen LogP contribution in [0.15, 0.2) is 12.2 Å². The number of rotatable bonds is 2. The molecule has 0 aromatic rings. The normalized spacial score (nSPS) is 45.2. The van der Waals surface area contributed by atoms with Crippen molar-refractivity contribution in [3.8, 4) is 0 Å². The lowest BCUT2D eigenvalue weighted by Crippen LogP contribution is -2.40. The molecular formula is C14H15NO4. The Morgan fingerprint density at radius 1 is 1.21 bits per heavy atom. The molecule has 5 heteroatoms. The molecule has 5 nitrogen and oxygen atoms in total. The highest BCUT2D eigenvalue weighted by molar-refractivity contribution is 6.07. The van der Waals surface area contributed by atoms with E-state index in [-0.39, 0.29) is 42.0 Å². The molecule has 0 N–H and O–H groups in total. The lowest BCUT2D eigenvalue weighted by Gasteiger charge is -2.37. The SMILES string of the molecule is COC(=O)CN1C(=O)[C@@H]2[C@H]3C=C[C@@H]([C@@H]4C[C@@H]34)[C@H]2C1=O. The summed E-state index contributed by atoms with van der Waals surface area (Å²) in [6.45, 7) is -0.240. The van der Waals surface area contributed by atoms with E-state index < -0.39 is 5.97 Å². The Bertz CT molecular complexity index is 490. The molecule has 2 bridgehead atoms. The molecule has 1 saturated heterocycles. The van der Waals surface area contributed by atoms with Gasteiger partial charge in [-0.25, -0.2) is 0 Å². The van der Waals surface area contributed by atoms with Crippen LogP contribution < -0.4 is 0 Å². The van der Waals surface area contributed by atoms with Crippen LogP contribution in [0.3, 0.4) is 0 Å². The standard InChI is InChI=1S/C14H15NO4/c1-19-10(16)5-15-13(17)11-6-2-3-7(9-4-8(6)9)12(11)14(15)18/h2-3,6-9,11-12H,4-5H2,1H3/t6-,7-,8-,9-,11+,12+/m0/s1. The highest BCUT2D eigenvalue weighted by Gasteiger charge is 2.67. The van der Waals surface area contributed by atoms with Gasteiger partial charge >= 0.3 is 5.97 Å². The van der Waals surface area contributed by atoms with Crippen molar-refractivity contribution in [1.29, 1.82) is 0 Å². The predicted octanol–water partition coefficient (Wildman–Crippen LogP) is 0.212. The fourth-order valence-corrected chi connectivity index (χ4v) is 4.37. The van der Waals surface area contributed by atoms with Crippen LogP contribution in [0.4, 0.5) is 0 Å². The molecule has 3 fully saturated rings. The average molecular weight is 261 g/mol. The number of esters is 1. The summed E-state index contributed by atoms with van der Waals surface area (Å²) in [4.78, 5) is 37.3. The fourth-order valence-electron chi connectivity index (χ4n) is 4.37. The number of carbonyl (C=O) groups excluding carboxylic acids is 3. The molecular weight excluding hydrogens is 246 g/mol. The maximum absolute atomic E-state index is 12.4. The van der Waals surface area contributed by atoms with Crippen LogP contribution in [0, 0.1) is 35.5 Å². The quantitative estimate of drug-likeness (QED) is 0.405. The maximum Gasteiger partial charge on any atom is 0.325 e. The number of nitrogens with zero attached hydrogens (tertiary/aromatic N) is 1. The lowest BCUT2D eigenvalue weighted by atomic mass is 9.63. The minimum Gasteiger partial charge on any atom is -0.468 e. The van der Waals surface area contributed by atoms with Crippen LogP contribution in [-0.2, 0) is 19.1 Å². The van der Waals surface area contributed by atoms with Gasteiger partial charge in [-0.15, -0.1) is 0 Å². The third-order valence-corrected chi connectivity index (χ3v) is 5.27. The van der Waals surface area contributed by atoms with Gasteiger partial charge in [-0.05, 0) is 30.1 Å². The zero-order valence-corrected chi connectivity index (χ0v) is 10.6. The molecule has 6 atom stereocenters. The summed E-state index contributed by atoms with van der Waals surface area (Å²) < 4.78 is 4.56. The molecule has 100 valence electrons. The molecule has 19 heavy (non-hydrogen) atoms. The lowest BCUT2D eigenvalue weighted by molar-refractivity contribution is -0.151.